The van der Waals surface area contributed by atoms with Gasteiger partial charge in [-0.25, -0.2) is 0 Å². The first-order valence-corrected chi connectivity index (χ1v) is 12.6. The van der Waals surface area contributed by atoms with Crippen molar-refractivity contribution in [1.29, 1.82) is 0 Å². The standard InChI is InChI=1S/C25H31BrCl2N2O3/c1-5-6-11-29-25(32)17(4)30(14-19-7-9-20(27)13-22(19)28)24(31)15-33-23-10-8-18(16(2)3)12-21(23)26/h7-10,12-13,16-17H,5-6,11,14-15H2,1-4H3,(H,29,32). The van der Waals surface area contributed by atoms with E-state index in [9.17, 15) is 9.59 Å². The zero-order valence-corrected chi connectivity index (χ0v) is 22.6. The molecule has 2 rings (SSSR count). The van der Waals surface area contributed by atoms with Crippen LogP contribution in [0.25, 0.3) is 0 Å². The molecule has 5 nitrogen and oxygen atoms in total. The van der Waals surface area contributed by atoms with Crippen molar-refractivity contribution in [2.24, 2.45) is 0 Å². The van der Waals surface area contributed by atoms with Crippen LogP contribution in [0.1, 0.15) is 57.6 Å². The van der Waals surface area contributed by atoms with Crippen molar-refractivity contribution in [1.82, 2.24) is 10.2 Å². The summed E-state index contributed by atoms with van der Waals surface area (Å²) in [5.74, 6) is 0.407. The summed E-state index contributed by atoms with van der Waals surface area (Å²) in [6.45, 7) is 8.49. The highest BCUT2D eigenvalue weighted by atomic mass is 79.9. The van der Waals surface area contributed by atoms with E-state index in [1.165, 1.54) is 4.90 Å². The van der Waals surface area contributed by atoms with Crippen LogP contribution in [0.4, 0.5) is 0 Å². The number of hydrogen-bond acceptors (Lipinski definition) is 3. The normalized spacial score (nSPS) is 11.9. The average molecular weight is 558 g/mol. The molecule has 0 heterocycles. The molecule has 0 fully saturated rings. The summed E-state index contributed by atoms with van der Waals surface area (Å²) in [4.78, 5) is 27.4. The molecule has 0 aliphatic heterocycles. The smallest absolute Gasteiger partial charge is 0.261 e. The predicted octanol–water partition coefficient (Wildman–Crippen LogP) is 6.59. The Balaban J connectivity index is 2.18. The quantitative estimate of drug-likeness (QED) is 0.317. The molecule has 0 aliphatic carbocycles. The van der Waals surface area contributed by atoms with Crippen LogP contribution in [-0.2, 0) is 16.1 Å². The van der Waals surface area contributed by atoms with E-state index in [0.717, 1.165) is 22.9 Å². The molecule has 0 bridgehead atoms. The Morgan fingerprint density at radius 1 is 1.12 bits per heavy atom. The van der Waals surface area contributed by atoms with E-state index in [0.29, 0.717) is 33.8 Å². The summed E-state index contributed by atoms with van der Waals surface area (Å²) >= 11 is 15.9. The minimum atomic E-state index is -0.698. The predicted molar refractivity (Wildman–Crippen MR) is 138 cm³/mol. The molecule has 1 atom stereocenters. The van der Waals surface area contributed by atoms with Crippen molar-refractivity contribution in [3.8, 4) is 5.75 Å². The third-order valence-corrected chi connectivity index (χ3v) is 6.53. The van der Waals surface area contributed by atoms with Gasteiger partial charge in [0.1, 0.15) is 11.8 Å². The van der Waals surface area contributed by atoms with Crippen LogP contribution in [0.5, 0.6) is 5.75 Å². The minimum absolute atomic E-state index is 0.161. The first-order chi connectivity index (χ1) is 15.6. The number of nitrogens with zero attached hydrogens (tertiary/aromatic N) is 1. The molecule has 0 aromatic heterocycles. The lowest BCUT2D eigenvalue weighted by atomic mass is 10.0. The highest BCUT2D eigenvalue weighted by molar-refractivity contribution is 9.10. The number of unbranched alkanes of at least 4 members (excludes halogenated alkanes) is 1. The lowest BCUT2D eigenvalue weighted by Gasteiger charge is -2.29. The van der Waals surface area contributed by atoms with Gasteiger partial charge in [0, 0.05) is 23.1 Å². The fourth-order valence-corrected chi connectivity index (χ4v) is 4.15. The van der Waals surface area contributed by atoms with Crippen LogP contribution in [0, 0.1) is 0 Å². The van der Waals surface area contributed by atoms with Gasteiger partial charge in [0.2, 0.25) is 5.91 Å². The maximum Gasteiger partial charge on any atom is 0.261 e. The lowest BCUT2D eigenvalue weighted by Crippen LogP contribution is -2.49. The van der Waals surface area contributed by atoms with Gasteiger partial charge in [-0.2, -0.15) is 0 Å². The number of rotatable bonds is 11. The van der Waals surface area contributed by atoms with E-state index >= 15 is 0 Å². The summed E-state index contributed by atoms with van der Waals surface area (Å²) in [7, 11) is 0. The van der Waals surface area contributed by atoms with Gasteiger partial charge in [-0.3, -0.25) is 9.59 Å². The maximum atomic E-state index is 13.2. The van der Waals surface area contributed by atoms with Crippen molar-refractivity contribution in [2.75, 3.05) is 13.2 Å². The number of carbonyl (C=O) groups is 2. The number of amides is 2. The third kappa shape index (κ3) is 8.20. The first-order valence-electron chi connectivity index (χ1n) is 11.1. The number of carbonyl (C=O) groups excluding carboxylic acids is 2. The van der Waals surface area contributed by atoms with Crippen molar-refractivity contribution in [3.05, 3.63) is 62.0 Å². The van der Waals surface area contributed by atoms with Gasteiger partial charge in [0.25, 0.3) is 5.91 Å². The number of benzene rings is 2. The summed E-state index contributed by atoms with van der Waals surface area (Å²) in [5, 5.41) is 3.83. The monoisotopic (exact) mass is 556 g/mol. The largest absolute Gasteiger partial charge is 0.483 e. The molecule has 8 heteroatoms. The minimum Gasteiger partial charge on any atom is -0.483 e. The van der Waals surface area contributed by atoms with Gasteiger partial charge in [-0.05, 0) is 70.6 Å². The van der Waals surface area contributed by atoms with E-state index < -0.39 is 6.04 Å². The number of nitrogens with one attached hydrogen (secondary N) is 1. The van der Waals surface area contributed by atoms with Gasteiger partial charge < -0.3 is 15.0 Å². The molecule has 2 aromatic rings. The number of hydrogen-bond donors (Lipinski definition) is 1. The Labute approximate surface area is 214 Å². The van der Waals surface area contributed by atoms with Crippen LogP contribution in [0.15, 0.2) is 40.9 Å². The van der Waals surface area contributed by atoms with E-state index in [4.69, 9.17) is 27.9 Å². The highest BCUT2D eigenvalue weighted by Gasteiger charge is 2.27. The van der Waals surface area contributed by atoms with Crippen molar-refractivity contribution in [3.63, 3.8) is 0 Å². The van der Waals surface area contributed by atoms with E-state index in [1.54, 1.807) is 25.1 Å². The van der Waals surface area contributed by atoms with Gasteiger partial charge in [-0.1, -0.05) is 62.5 Å². The van der Waals surface area contributed by atoms with Crippen molar-refractivity contribution < 1.29 is 14.3 Å². The van der Waals surface area contributed by atoms with E-state index in [1.807, 2.05) is 18.2 Å². The third-order valence-electron chi connectivity index (χ3n) is 5.33. The van der Waals surface area contributed by atoms with E-state index in [2.05, 4.69) is 42.0 Å². The zero-order valence-electron chi connectivity index (χ0n) is 19.5. The molecule has 1 N–H and O–H groups in total. The second-order valence-electron chi connectivity index (χ2n) is 8.21. The highest BCUT2D eigenvalue weighted by Crippen LogP contribution is 2.29. The Morgan fingerprint density at radius 3 is 2.45 bits per heavy atom. The van der Waals surface area contributed by atoms with Crippen LogP contribution < -0.4 is 10.1 Å². The molecule has 180 valence electrons. The first kappa shape index (κ1) is 27.5. The molecule has 33 heavy (non-hydrogen) atoms. The molecular weight excluding hydrogens is 527 g/mol. The van der Waals surface area contributed by atoms with Gasteiger partial charge in [0.15, 0.2) is 6.61 Å². The Morgan fingerprint density at radius 2 is 1.85 bits per heavy atom. The SMILES string of the molecule is CCCCNC(=O)C(C)N(Cc1ccc(Cl)cc1Cl)C(=O)COc1ccc(C(C)C)cc1Br. The molecule has 1 unspecified atom stereocenters. The molecule has 0 spiro atoms. The zero-order chi connectivity index (χ0) is 24.5. The van der Waals surface area contributed by atoms with Gasteiger partial charge >= 0.3 is 0 Å². The summed E-state index contributed by atoms with van der Waals surface area (Å²) < 4.78 is 6.58. The summed E-state index contributed by atoms with van der Waals surface area (Å²) in [5.41, 5.74) is 1.86. The molecule has 2 amide bonds. The molecule has 0 aliphatic rings. The van der Waals surface area contributed by atoms with Crippen molar-refractivity contribution in [2.45, 2.75) is 59.0 Å². The van der Waals surface area contributed by atoms with Crippen LogP contribution in [0.2, 0.25) is 10.0 Å². The van der Waals surface area contributed by atoms with Crippen LogP contribution >= 0.6 is 39.1 Å². The number of halogens is 3. The second kappa shape index (κ2) is 13.2. The average Bonchev–Trinajstić information content (AvgIpc) is 2.77. The topological polar surface area (TPSA) is 58.6 Å². The molecule has 0 radical (unpaired) electrons. The molecule has 2 aromatic carbocycles. The maximum absolute atomic E-state index is 13.2. The second-order valence-corrected chi connectivity index (χ2v) is 9.91. The Bertz CT molecular complexity index is 969. The molecule has 0 saturated heterocycles. The van der Waals surface area contributed by atoms with Gasteiger partial charge in [-0.15, -0.1) is 0 Å². The Kier molecular flexibility index (Phi) is 11.0. The van der Waals surface area contributed by atoms with Gasteiger partial charge in [0.05, 0.1) is 4.47 Å². The molecular formula is C25H31BrCl2N2O3. The summed E-state index contributed by atoms with van der Waals surface area (Å²) in [6, 6.07) is 10.2. The van der Waals surface area contributed by atoms with Crippen molar-refractivity contribution >= 4 is 50.9 Å². The summed E-state index contributed by atoms with van der Waals surface area (Å²) in [6.07, 6.45) is 1.84. The van der Waals surface area contributed by atoms with Crippen LogP contribution in [0.3, 0.4) is 0 Å². The van der Waals surface area contributed by atoms with Crippen LogP contribution in [-0.4, -0.2) is 35.9 Å². The van der Waals surface area contributed by atoms with E-state index in [-0.39, 0.29) is 25.0 Å². The fourth-order valence-electron chi connectivity index (χ4n) is 3.17. The molecule has 0 saturated carbocycles. The lowest BCUT2D eigenvalue weighted by molar-refractivity contribution is -0.142. The fraction of sp³-hybridized carbons (Fsp3) is 0.440. The Hall–Kier alpha value is -1.76. The number of ether oxygens (including phenoxy) is 1.